The van der Waals surface area contributed by atoms with Crippen molar-refractivity contribution in [2.24, 2.45) is 0 Å². The topological polar surface area (TPSA) is 146 Å². The molecule has 0 radical (unpaired) electrons. The number of carboxylic acid groups (broad SMARTS) is 1. The number of benzene rings is 1. The first-order valence-electron chi connectivity index (χ1n) is 8.14. The number of fused-ring (bicyclic) bond motifs is 1. The second-order valence-electron chi connectivity index (χ2n) is 5.93. The average molecular weight is 386 g/mol. The fourth-order valence-corrected chi connectivity index (χ4v) is 2.91. The van der Waals surface area contributed by atoms with E-state index >= 15 is 0 Å². The molecule has 0 saturated carbocycles. The highest BCUT2D eigenvalue weighted by Gasteiger charge is 2.33. The summed E-state index contributed by atoms with van der Waals surface area (Å²) in [5.74, 6) is -2.72. The number of hydrogen-bond acceptors (Lipinski definition) is 8. The molecule has 1 aromatic carbocycles. The van der Waals surface area contributed by atoms with Crippen molar-refractivity contribution in [1.82, 2.24) is 4.98 Å². The monoisotopic (exact) mass is 386 g/mol. The van der Waals surface area contributed by atoms with Gasteiger partial charge in [-0.2, -0.15) is 0 Å². The van der Waals surface area contributed by atoms with Crippen LogP contribution in [0, 0.1) is 17.0 Å². The Hall–Kier alpha value is -3.82. The van der Waals surface area contributed by atoms with Gasteiger partial charge in [0.15, 0.2) is 0 Å². The molecule has 0 atom stereocenters. The smallest absolute Gasteiger partial charge is 0.341 e. The molecule has 10 nitrogen and oxygen atoms in total. The van der Waals surface area contributed by atoms with E-state index in [4.69, 9.17) is 14.6 Å². The van der Waals surface area contributed by atoms with Gasteiger partial charge in [0.2, 0.25) is 0 Å². The molecule has 2 heterocycles. The lowest BCUT2D eigenvalue weighted by Gasteiger charge is -2.14. The third-order valence-electron chi connectivity index (χ3n) is 4.10. The van der Waals surface area contributed by atoms with Crippen LogP contribution in [-0.4, -0.2) is 39.5 Å². The number of cyclic esters (lactones) is 1. The van der Waals surface area contributed by atoms with E-state index in [2.05, 4.69) is 4.98 Å². The van der Waals surface area contributed by atoms with Crippen LogP contribution >= 0.6 is 0 Å². The van der Waals surface area contributed by atoms with Gasteiger partial charge in [-0.15, -0.1) is 0 Å². The number of carbonyl (C=O) groups is 3. The molecule has 0 bridgehead atoms. The van der Waals surface area contributed by atoms with Crippen molar-refractivity contribution < 1.29 is 33.9 Å². The number of esters is 2. The van der Waals surface area contributed by atoms with Gasteiger partial charge in [-0.1, -0.05) is 12.1 Å². The lowest BCUT2D eigenvalue weighted by atomic mass is 9.92. The highest BCUT2D eigenvalue weighted by Crippen LogP contribution is 2.36. The Morgan fingerprint density at radius 1 is 1.36 bits per heavy atom. The number of pyridine rings is 1. The summed E-state index contributed by atoms with van der Waals surface area (Å²) in [6, 6.07) is 5.45. The molecule has 0 fully saturated rings. The second kappa shape index (κ2) is 7.43. The largest absolute Gasteiger partial charge is 0.481 e. The maximum atomic E-state index is 12.6. The molecule has 1 aliphatic rings. The fraction of sp³-hybridized carbons (Fsp3) is 0.222. The fourth-order valence-electron chi connectivity index (χ4n) is 2.91. The summed E-state index contributed by atoms with van der Waals surface area (Å²) in [5.41, 5.74) is 0.663. The molecule has 1 aromatic heterocycles. The summed E-state index contributed by atoms with van der Waals surface area (Å²) in [6.45, 7) is 1.08. The third kappa shape index (κ3) is 3.52. The molecule has 3 rings (SSSR count). The quantitative estimate of drug-likeness (QED) is 0.448. The minimum absolute atomic E-state index is 0.0382. The first-order valence-corrected chi connectivity index (χ1v) is 8.14. The summed E-state index contributed by atoms with van der Waals surface area (Å²) < 4.78 is 10.0. The van der Waals surface area contributed by atoms with Crippen LogP contribution in [0.2, 0.25) is 0 Å². The van der Waals surface area contributed by atoms with Crippen molar-refractivity contribution in [2.75, 3.05) is 6.61 Å². The van der Waals surface area contributed by atoms with E-state index in [0.29, 0.717) is 5.69 Å². The molecular formula is C18H14N2O8. The lowest BCUT2D eigenvalue weighted by Crippen LogP contribution is -2.15. The van der Waals surface area contributed by atoms with Crippen molar-refractivity contribution in [1.29, 1.82) is 0 Å². The number of nitro groups is 1. The van der Waals surface area contributed by atoms with Crippen molar-refractivity contribution in [3.05, 3.63) is 56.9 Å². The zero-order valence-corrected chi connectivity index (χ0v) is 14.6. The zero-order valence-electron chi connectivity index (χ0n) is 14.6. The van der Waals surface area contributed by atoms with Gasteiger partial charge in [-0.25, -0.2) is 9.59 Å². The van der Waals surface area contributed by atoms with E-state index in [1.165, 1.54) is 31.2 Å². The molecule has 144 valence electrons. The second-order valence-corrected chi connectivity index (χ2v) is 5.93. The predicted octanol–water partition coefficient (Wildman–Crippen LogP) is 2.27. The van der Waals surface area contributed by atoms with Gasteiger partial charge >= 0.3 is 17.9 Å². The molecule has 0 unspecified atom stereocenters. The third-order valence-corrected chi connectivity index (χ3v) is 4.10. The summed E-state index contributed by atoms with van der Waals surface area (Å²) in [7, 11) is 0. The van der Waals surface area contributed by atoms with Gasteiger partial charge in [-0.3, -0.25) is 19.9 Å². The van der Waals surface area contributed by atoms with Crippen molar-refractivity contribution in [2.45, 2.75) is 20.0 Å². The molecule has 2 aromatic rings. The van der Waals surface area contributed by atoms with E-state index in [1.807, 2.05) is 0 Å². The van der Waals surface area contributed by atoms with E-state index in [1.54, 1.807) is 0 Å². The van der Waals surface area contributed by atoms with Crippen molar-refractivity contribution >= 4 is 23.6 Å². The van der Waals surface area contributed by atoms with Crippen LogP contribution in [0.4, 0.5) is 5.69 Å². The lowest BCUT2D eigenvalue weighted by molar-refractivity contribution is -0.384. The van der Waals surface area contributed by atoms with Gasteiger partial charge in [0, 0.05) is 17.7 Å². The minimum atomic E-state index is -1.14. The van der Waals surface area contributed by atoms with Crippen LogP contribution in [0.3, 0.4) is 0 Å². The molecule has 0 amide bonds. The molecule has 10 heteroatoms. The van der Waals surface area contributed by atoms with E-state index in [9.17, 15) is 24.5 Å². The number of nitro benzene ring substituents is 1. The number of nitrogens with zero attached hydrogens (tertiary/aromatic N) is 2. The molecule has 1 N–H and O–H groups in total. The number of carbonyl (C=O) groups excluding carboxylic acids is 2. The standard InChI is InChI=1S/C18H14N2O8/c1-9-14(17(23)27-6-5-13(21)22)15(16-12(19-9)8-28-18(16)24)10-3-2-4-11(7-10)20(25)26/h2-4,7H,5-6,8H2,1H3,(H,21,22). The predicted molar refractivity (Wildman–Crippen MR) is 92.7 cm³/mol. The number of aryl methyl sites for hydroxylation is 1. The van der Waals surface area contributed by atoms with Crippen LogP contribution in [-0.2, 0) is 20.9 Å². The summed E-state index contributed by atoms with van der Waals surface area (Å²) in [4.78, 5) is 50.3. The first kappa shape index (κ1) is 19.0. The van der Waals surface area contributed by atoms with Crippen LogP contribution in [0.25, 0.3) is 11.1 Å². The van der Waals surface area contributed by atoms with Gasteiger partial charge in [0.05, 0.1) is 33.9 Å². The van der Waals surface area contributed by atoms with Gasteiger partial charge in [0.1, 0.15) is 13.2 Å². The molecule has 0 spiro atoms. The molecule has 0 aliphatic carbocycles. The highest BCUT2D eigenvalue weighted by atomic mass is 16.6. The average Bonchev–Trinajstić information content (AvgIpc) is 3.00. The number of carboxylic acids is 1. The number of ether oxygens (including phenoxy) is 2. The van der Waals surface area contributed by atoms with Gasteiger partial charge in [-0.05, 0) is 12.5 Å². The molecule has 28 heavy (non-hydrogen) atoms. The van der Waals surface area contributed by atoms with Gasteiger partial charge in [0.25, 0.3) is 5.69 Å². The normalized spacial score (nSPS) is 12.2. The number of aliphatic carboxylic acids is 1. The molecule has 1 aliphatic heterocycles. The summed E-state index contributed by atoms with van der Waals surface area (Å²) in [6.07, 6.45) is -0.392. The highest BCUT2D eigenvalue weighted by molar-refractivity contribution is 6.08. The van der Waals surface area contributed by atoms with Crippen LogP contribution < -0.4 is 0 Å². The van der Waals surface area contributed by atoms with Crippen molar-refractivity contribution in [3.63, 3.8) is 0 Å². The Kier molecular flexibility index (Phi) is 5.03. The van der Waals surface area contributed by atoms with Crippen molar-refractivity contribution in [3.8, 4) is 11.1 Å². The molecular weight excluding hydrogens is 372 g/mol. The Morgan fingerprint density at radius 3 is 2.79 bits per heavy atom. The Balaban J connectivity index is 2.17. The first-order chi connectivity index (χ1) is 13.3. The van der Waals surface area contributed by atoms with E-state index in [-0.39, 0.29) is 46.8 Å². The SMILES string of the molecule is Cc1nc2c(c(-c3cccc([N+](=O)[O-])c3)c1C(=O)OCCC(=O)O)C(=O)OC2. The number of rotatable bonds is 6. The van der Waals surface area contributed by atoms with Gasteiger partial charge < -0.3 is 14.6 Å². The van der Waals surface area contributed by atoms with E-state index in [0.717, 1.165) is 0 Å². The summed E-state index contributed by atoms with van der Waals surface area (Å²) >= 11 is 0. The number of non-ortho nitro benzene ring substituents is 1. The summed E-state index contributed by atoms with van der Waals surface area (Å²) in [5, 5.41) is 19.8. The number of hydrogen-bond donors (Lipinski definition) is 1. The maximum Gasteiger partial charge on any atom is 0.341 e. The van der Waals surface area contributed by atoms with Crippen LogP contribution in [0.1, 0.15) is 38.5 Å². The zero-order chi connectivity index (χ0) is 20.4. The number of aromatic nitrogens is 1. The minimum Gasteiger partial charge on any atom is -0.481 e. The Morgan fingerprint density at radius 2 is 2.11 bits per heavy atom. The van der Waals surface area contributed by atoms with E-state index < -0.39 is 29.3 Å². The Labute approximate surface area is 157 Å². The van der Waals surface area contributed by atoms with Crippen LogP contribution in [0.15, 0.2) is 24.3 Å². The van der Waals surface area contributed by atoms with Crippen LogP contribution in [0.5, 0.6) is 0 Å². The maximum absolute atomic E-state index is 12.6. The molecule has 0 saturated heterocycles. The Bertz CT molecular complexity index is 1010.